The molecular weight excluding hydrogens is 198 g/mol. The highest BCUT2D eigenvalue weighted by Gasteiger charge is 2.24. The van der Waals surface area contributed by atoms with Gasteiger partial charge in [-0.1, -0.05) is 43.9 Å². The fraction of sp³-hybridized carbons (Fsp3) is 0.538. The van der Waals surface area contributed by atoms with Gasteiger partial charge in [0.15, 0.2) is 0 Å². The van der Waals surface area contributed by atoms with Crippen molar-refractivity contribution in [2.24, 2.45) is 0 Å². The molecule has 2 rings (SSSR count). The minimum Gasteiger partial charge on any atom is -0.331 e. The topological polar surface area (TPSA) is 12.0 Å². The monoisotopic (exact) mass is 219 g/mol. The van der Waals surface area contributed by atoms with Crippen molar-refractivity contribution in [2.75, 3.05) is 0 Å². The predicted molar refractivity (Wildman–Crippen MR) is 68.6 cm³/mol. The summed E-state index contributed by atoms with van der Waals surface area (Å²) in [6.07, 6.45) is 3.90. The van der Waals surface area contributed by atoms with Crippen LogP contribution in [0, 0.1) is 0 Å². The number of rotatable bonds is 2. The van der Waals surface area contributed by atoms with E-state index >= 15 is 0 Å². The average Bonchev–Trinajstić information content (AvgIpc) is 2.16. The molecular formula is C13H21NSi. The van der Waals surface area contributed by atoms with Crippen LogP contribution in [-0.2, 0) is 6.42 Å². The van der Waals surface area contributed by atoms with Crippen LogP contribution in [0.3, 0.4) is 0 Å². The Bertz CT molecular complexity index is 341. The highest BCUT2D eigenvalue weighted by molar-refractivity contribution is 6.73. The Kier molecular flexibility index (Phi) is 2.98. The Labute approximate surface area is 94.0 Å². The first kappa shape index (κ1) is 10.9. The zero-order valence-electron chi connectivity index (χ0n) is 10.0. The zero-order valence-corrected chi connectivity index (χ0v) is 11.0. The summed E-state index contributed by atoms with van der Waals surface area (Å²) in [5.74, 6) is 0. The SMILES string of the molecule is C[Si](C)(C)NC1CCCc2ccccc21. The highest BCUT2D eigenvalue weighted by Crippen LogP contribution is 2.30. The van der Waals surface area contributed by atoms with E-state index in [4.69, 9.17) is 0 Å². The molecule has 1 aliphatic rings. The number of fused-ring (bicyclic) bond motifs is 1. The van der Waals surface area contributed by atoms with Gasteiger partial charge in [-0.25, -0.2) is 0 Å². The fourth-order valence-electron chi connectivity index (χ4n) is 2.43. The Hall–Kier alpha value is -0.603. The van der Waals surface area contributed by atoms with E-state index in [0.717, 1.165) is 0 Å². The maximum absolute atomic E-state index is 3.85. The van der Waals surface area contributed by atoms with Gasteiger partial charge in [-0.15, -0.1) is 0 Å². The normalized spacial score (nSPS) is 21.1. The molecule has 0 aliphatic heterocycles. The summed E-state index contributed by atoms with van der Waals surface area (Å²) < 4.78 is 0. The van der Waals surface area contributed by atoms with Gasteiger partial charge in [0, 0.05) is 6.04 Å². The summed E-state index contributed by atoms with van der Waals surface area (Å²) in [5.41, 5.74) is 3.10. The van der Waals surface area contributed by atoms with Crippen LogP contribution in [0.5, 0.6) is 0 Å². The van der Waals surface area contributed by atoms with E-state index in [1.54, 1.807) is 11.1 Å². The number of benzene rings is 1. The van der Waals surface area contributed by atoms with Gasteiger partial charge in [0.2, 0.25) is 0 Å². The lowest BCUT2D eigenvalue weighted by atomic mass is 9.88. The van der Waals surface area contributed by atoms with Crippen molar-refractivity contribution >= 4 is 8.24 Å². The molecule has 0 saturated heterocycles. The van der Waals surface area contributed by atoms with E-state index < -0.39 is 8.24 Å². The van der Waals surface area contributed by atoms with Crippen molar-refractivity contribution in [3.63, 3.8) is 0 Å². The fourth-order valence-corrected chi connectivity index (χ4v) is 3.77. The van der Waals surface area contributed by atoms with Gasteiger partial charge in [0.05, 0.1) is 0 Å². The summed E-state index contributed by atoms with van der Waals surface area (Å²) in [6, 6.07) is 9.53. The van der Waals surface area contributed by atoms with Crippen LogP contribution in [0.25, 0.3) is 0 Å². The second-order valence-corrected chi connectivity index (χ2v) is 10.3. The second kappa shape index (κ2) is 4.10. The minimum atomic E-state index is -1.16. The Balaban J connectivity index is 2.22. The second-order valence-electron chi connectivity index (χ2n) is 5.54. The lowest BCUT2D eigenvalue weighted by molar-refractivity contribution is 0.528. The molecule has 0 fully saturated rings. The van der Waals surface area contributed by atoms with Crippen molar-refractivity contribution in [3.8, 4) is 0 Å². The van der Waals surface area contributed by atoms with Crippen LogP contribution >= 0.6 is 0 Å². The quantitative estimate of drug-likeness (QED) is 0.751. The van der Waals surface area contributed by atoms with Crippen LogP contribution in [-0.4, -0.2) is 8.24 Å². The molecule has 1 N–H and O–H groups in total. The molecule has 0 heterocycles. The lowest BCUT2D eigenvalue weighted by Crippen LogP contribution is -2.44. The van der Waals surface area contributed by atoms with E-state index in [0.29, 0.717) is 6.04 Å². The molecule has 15 heavy (non-hydrogen) atoms. The van der Waals surface area contributed by atoms with Gasteiger partial charge < -0.3 is 4.98 Å². The van der Waals surface area contributed by atoms with Crippen LogP contribution in [0.2, 0.25) is 19.6 Å². The van der Waals surface area contributed by atoms with Gasteiger partial charge in [0.1, 0.15) is 8.24 Å². The summed E-state index contributed by atoms with van der Waals surface area (Å²) in [6.45, 7) is 7.14. The highest BCUT2D eigenvalue weighted by atomic mass is 28.3. The summed E-state index contributed by atoms with van der Waals surface area (Å²) in [4.78, 5) is 3.85. The van der Waals surface area contributed by atoms with Crippen molar-refractivity contribution in [1.82, 2.24) is 4.98 Å². The number of aryl methyl sites for hydroxylation is 1. The van der Waals surface area contributed by atoms with Gasteiger partial charge in [-0.2, -0.15) is 0 Å². The van der Waals surface area contributed by atoms with Crippen LogP contribution in [0.1, 0.15) is 30.0 Å². The largest absolute Gasteiger partial charge is 0.331 e. The van der Waals surface area contributed by atoms with E-state index in [2.05, 4.69) is 48.9 Å². The molecule has 0 saturated carbocycles. The van der Waals surface area contributed by atoms with E-state index in [9.17, 15) is 0 Å². The van der Waals surface area contributed by atoms with E-state index in [1.165, 1.54) is 19.3 Å². The van der Waals surface area contributed by atoms with Gasteiger partial charge in [0.25, 0.3) is 0 Å². The maximum Gasteiger partial charge on any atom is 0.116 e. The standard InChI is InChI=1S/C13H21NSi/c1-15(2,3)14-13-10-6-8-11-7-4-5-9-12(11)13/h4-5,7,9,13-14H,6,8,10H2,1-3H3. The first-order valence-electron chi connectivity index (χ1n) is 5.92. The van der Waals surface area contributed by atoms with Crippen LogP contribution < -0.4 is 4.98 Å². The molecule has 0 bridgehead atoms. The third kappa shape index (κ3) is 2.70. The molecule has 0 aromatic heterocycles. The van der Waals surface area contributed by atoms with E-state index in [1.807, 2.05) is 0 Å². The van der Waals surface area contributed by atoms with Crippen molar-refractivity contribution in [2.45, 2.75) is 44.9 Å². The summed E-state index contributed by atoms with van der Waals surface area (Å²) in [5, 5.41) is 0. The predicted octanol–water partition coefficient (Wildman–Crippen LogP) is 3.49. The maximum atomic E-state index is 3.85. The molecule has 1 nitrogen and oxygen atoms in total. The Morgan fingerprint density at radius 1 is 1.20 bits per heavy atom. The zero-order chi connectivity index (χ0) is 10.9. The number of hydrogen-bond acceptors (Lipinski definition) is 1. The molecule has 2 heteroatoms. The molecule has 1 aromatic carbocycles. The van der Waals surface area contributed by atoms with Gasteiger partial charge >= 0.3 is 0 Å². The van der Waals surface area contributed by atoms with Gasteiger partial charge in [-0.05, 0) is 30.4 Å². The molecule has 0 amide bonds. The summed E-state index contributed by atoms with van der Waals surface area (Å²) >= 11 is 0. The van der Waals surface area contributed by atoms with E-state index in [-0.39, 0.29) is 0 Å². The van der Waals surface area contributed by atoms with Crippen LogP contribution in [0.4, 0.5) is 0 Å². The number of nitrogens with one attached hydrogen (secondary N) is 1. The molecule has 1 unspecified atom stereocenters. The average molecular weight is 219 g/mol. The minimum absolute atomic E-state index is 0.613. The molecule has 1 atom stereocenters. The Morgan fingerprint density at radius 2 is 1.93 bits per heavy atom. The van der Waals surface area contributed by atoms with Gasteiger partial charge in [-0.3, -0.25) is 0 Å². The first-order chi connectivity index (χ1) is 7.06. The van der Waals surface area contributed by atoms with Crippen LogP contribution in [0.15, 0.2) is 24.3 Å². The summed E-state index contributed by atoms with van der Waals surface area (Å²) in [7, 11) is -1.16. The third-order valence-electron chi connectivity index (χ3n) is 2.98. The van der Waals surface area contributed by atoms with Crippen molar-refractivity contribution < 1.29 is 0 Å². The number of hydrogen-bond donors (Lipinski definition) is 1. The first-order valence-corrected chi connectivity index (χ1v) is 9.42. The van der Waals surface area contributed by atoms with Crippen molar-refractivity contribution in [3.05, 3.63) is 35.4 Å². The lowest BCUT2D eigenvalue weighted by Gasteiger charge is -2.32. The smallest absolute Gasteiger partial charge is 0.116 e. The third-order valence-corrected chi connectivity index (χ3v) is 4.19. The molecule has 0 radical (unpaired) electrons. The molecule has 1 aromatic rings. The van der Waals surface area contributed by atoms with Crippen molar-refractivity contribution in [1.29, 1.82) is 0 Å². The molecule has 82 valence electrons. The molecule has 0 spiro atoms. The molecule has 1 aliphatic carbocycles. The Morgan fingerprint density at radius 3 is 2.67 bits per heavy atom.